The predicted octanol–water partition coefficient (Wildman–Crippen LogP) is 3.89. The average Bonchev–Trinajstić information content (AvgIpc) is 3.44. The van der Waals surface area contributed by atoms with E-state index in [0.29, 0.717) is 12.5 Å². The largest absolute Gasteiger partial charge is 0.444 e. The fraction of sp³-hybridized carbons (Fsp3) is 0.783. The molecule has 1 aliphatic heterocycles. The van der Waals surface area contributed by atoms with Crippen LogP contribution in [0.1, 0.15) is 58.9 Å². The van der Waals surface area contributed by atoms with E-state index in [1.807, 2.05) is 49.7 Å². The summed E-state index contributed by atoms with van der Waals surface area (Å²) in [5, 5.41) is 7.76. The molecular formula is C23H41IN6O2. The quantitative estimate of drug-likeness (QED) is 0.311. The minimum absolute atomic E-state index is 0. The first-order valence-corrected chi connectivity index (χ1v) is 11.8. The van der Waals surface area contributed by atoms with Crippen molar-refractivity contribution >= 4 is 36.0 Å². The van der Waals surface area contributed by atoms with Gasteiger partial charge >= 0.3 is 6.09 Å². The second kappa shape index (κ2) is 12.1. The number of piperidine rings is 1. The van der Waals surface area contributed by atoms with E-state index in [2.05, 4.69) is 22.2 Å². The van der Waals surface area contributed by atoms with Crippen molar-refractivity contribution in [1.82, 2.24) is 24.9 Å². The number of likely N-dealkylation sites (tertiary alicyclic amines) is 1. The van der Waals surface area contributed by atoms with Crippen LogP contribution in [0.4, 0.5) is 4.79 Å². The van der Waals surface area contributed by atoms with Crippen molar-refractivity contribution in [3.8, 4) is 0 Å². The zero-order chi connectivity index (χ0) is 22.4. The van der Waals surface area contributed by atoms with Crippen LogP contribution >= 0.6 is 24.0 Å². The Bertz CT molecular complexity index is 748. The van der Waals surface area contributed by atoms with Crippen LogP contribution < -0.4 is 5.32 Å². The van der Waals surface area contributed by atoms with Crippen molar-refractivity contribution < 1.29 is 9.53 Å². The van der Waals surface area contributed by atoms with Gasteiger partial charge in [0.1, 0.15) is 5.60 Å². The van der Waals surface area contributed by atoms with Gasteiger partial charge in [0.05, 0.1) is 19.3 Å². The van der Waals surface area contributed by atoms with E-state index in [-0.39, 0.29) is 36.1 Å². The normalized spacial score (nSPS) is 17.7. The Morgan fingerprint density at radius 3 is 2.50 bits per heavy atom. The monoisotopic (exact) mass is 560 g/mol. The maximum Gasteiger partial charge on any atom is 0.410 e. The molecule has 1 aromatic heterocycles. The molecule has 1 amide bonds. The molecule has 0 atom stereocenters. The van der Waals surface area contributed by atoms with Crippen molar-refractivity contribution in [1.29, 1.82) is 0 Å². The zero-order valence-electron chi connectivity index (χ0n) is 20.3. The van der Waals surface area contributed by atoms with E-state index in [0.717, 1.165) is 51.5 Å². The summed E-state index contributed by atoms with van der Waals surface area (Å²) in [5.41, 5.74) is 0.705. The molecule has 32 heavy (non-hydrogen) atoms. The van der Waals surface area contributed by atoms with Crippen LogP contribution in [0.15, 0.2) is 17.4 Å². The summed E-state index contributed by atoms with van der Waals surface area (Å²) in [4.78, 5) is 22.0. The molecule has 8 nitrogen and oxygen atoms in total. The van der Waals surface area contributed by atoms with Gasteiger partial charge in [0.25, 0.3) is 0 Å². The molecule has 3 rings (SSSR count). The van der Waals surface area contributed by atoms with Crippen molar-refractivity contribution in [2.24, 2.45) is 10.9 Å². The van der Waals surface area contributed by atoms with Crippen LogP contribution in [0, 0.1) is 12.8 Å². The highest BCUT2D eigenvalue weighted by molar-refractivity contribution is 14.0. The molecule has 2 fully saturated rings. The Kier molecular flexibility index (Phi) is 10.1. The second-order valence-electron chi connectivity index (χ2n) is 9.81. The van der Waals surface area contributed by atoms with Gasteiger partial charge in [-0.2, -0.15) is 5.10 Å². The third-order valence-corrected chi connectivity index (χ3v) is 5.67. The van der Waals surface area contributed by atoms with E-state index >= 15 is 0 Å². The highest BCUT2D eigenvalue weighted by Crippen LogP contribution is 2.32. The van der Waals surface area contributed by atoms with Gasteiger partial charge in [-0.3, -0.25) is 9.67 Å². The van der Waals surface area contributed by atoms with Gasteiger partial charge in [0.15, 0.2) is 5.96 Å². The molecule has 182 valence electrons. The number of rotatable bonds is 7. The maximum absolute atomic E-state index is 12.9. The first-order valence-electron chi connectivity index (χ1n) is 11.8. The van der Waals surface area contributed by atoms with Gasteiger partial charge in [-0.1, -0.05) is 0 Å². The highest BCUT2D eigenvalue weighted by Gasteiger charge is 2.35. The van der Waals surface area contributed by atoms with Crippen LogP contribution in [0.3, 0.4) is 0 Å². The lowest BCUT2D eigenvalue weighted by molar-refractivity contribution is 0.00928. The van der Waals surface area contributed by atoms with Gasteiger partial charge in [-0.25, -0.2) is 4.79 Å². The molecule has 1 aromatic rings. The molecule has 0 bridgehead atoms. The molecule has 2 heterocycles. The molecule has 0 radical (unpaired) electrons. The van der Waals surface area contributed by atoms with Crippen LogP contribution in [-0.4, -0.2) is 76.0 Å². The Morgan fingerprint density at radius 1 is 1.28 bits per heavy atom. The molecule has 0 spiro atoms. The number of carbonyl (C=O) groups is 1. The number of ether oxygens (including phenoxy) is 1. The molecule has 1 aliphatic carbocycles. The third kappa shape index (κ3) is 8.44. The summed E-state index contributed by atoms with van der Waals surface area (Å²) in [7, 11) is 0. The molecule has 9 heteroatoms. The Hall–Kier alpha value is -1.52. The number of guanidine groups is 1. The number of nitrogens with one attached hydrogen (secondary N) is 1. The Labute approximate surface area is 210 Å². The summed E-state index contributed by atoms with van der Waals surface area (Å²) in [5.74, 6) is 1.60. The summed E-state index contributed by atoms with van der Waals surface area (Å²) in [6.07, 6.45) is 8.09. The fourth-order valence-electron chi connectivity index (χ4n) is 3.93. The number of aryl methyl sites for hydroxylation is 1. The highest BCUT2D eigenvalue weighted by atomic mass is 127. The standard InChI is InChI=1S/C23H40N6O2.HI/c1-6-24-21(25-11-14-28-16-18(2)15-26-28)27-12-9-20(10-13-27)29(17-19-7-8-19)22(30)31-23(3,4)5;/h15-16,19-20H,6-14,17H2,1-5H3,(H,24,25);1H. The van der Waals surface area contributed by atoms with Crippen molar-refractivity contribution in [2.75, 3.05) is 32.7 Å². The second-order valence-corrected chi connectivity index (χ2v) is 9.81. The van der Waals surface area contributed by atoms with Crippen molar-refractivity contribution in [2.45, 2.75) is 78.5 Å². The smallest absolute Gasteiger partial charge is 0.410 e. The van der Waals surface area contributed by atoms with Crippen LogP contribution in [0.5, 0.6) is 0 Å². The topological polar surface area (TPSA) is 75.0 Å². The number of aromatic nitrogens is 2. The molecule has 0 unspecified atom stereocenters. The van der Waals surface area contributed by atoms with Crippen molar-refractivity contribution in [3.05, 3.63) is 18.0 Å². The lowest BCUT2D eigenvalue weighted by Crippen LogP contribution is -2.52. The number of aliphatic imine (C=N–C) groups is 1. The maximum atomic E-state index is 12.9. The number of nitrogens with zero attached hydrogens (tertiary/aromatic N) is 5. The van der Waals surface area contributed by atoms with Crippen LogP contribution in [0.25, 0.3) is 0 Å². The van der Waals surface area contributed by atoms with Gasteiger partial charge in [0, 0.05) is 38.4 Å². The van der Waals surface area contributed by atoms with E-state index < -0.39 is 5.60 Å². The molecule has 0 aromatic carbocycles. The molecule has 1 saturated heterocycles. The van der Waals surface area contributed by atoms with Gasteiger partial charge < -0.3 is 19.9 Å². The van der Waals surface area contributed by atoms with Crippen LogP contribution in [-0.2, 0) is 11.3 Å². The summed E-state index contributed by atoms with van der Waals surface area (Å²) >= 11 is 0. The average molecular weight is 561 g/mol. The van der Waals surface area contributed by atoms with E-state index in [1.54, 1.807) is 0 Å². The summed E-state index contributed by atoms with van der Waals surface area (Å²) in [6, 6.07) is 0.238. The van der Waals surface area contributed by atoms with Gasteiger partial charge in [-0.15, -0.1) is 24.0 Å². The minimum Gasteiger partial charge on any atom is -0.444 e. The summed E-state index contributed by atoms with van der Waals surface area (Å²) in [6.45, 7) is 14.9. The van der Waals surface area contributed by atoms with E-state index in [4.69, 9.17) is 9.73 Å². The summed E-state index contributed by atoms with van der Waals surface area (Å²) < 4.78 is 7.66. The predicted molar refractivity (Wildman–Crippen MR) is 139 cm³/mol. The first-order chi connectivity index (χ1) is 14.7. The SMILES string of the molecule is CCNC(=NCCn1cc(C)cn1)N1CCC(N(CC2CC2)C(=O)OC(C)(C)C)CC1.I. The Morgan fingerprint density at radius 2 is 1.97 bits per heavy atom. The van der Waals surface area contributed by atoms with Gasteiger partial charge in [-0.05, 0) is 71.8 Å². The number of halogens is 1. The molecule has 2 aliphatic rings. The van der Waals surface area contributed by atoms with Gasteiger partial charge in [0.2, 0.25) is 0 Å². The number of amides is 1. The number of hydrogen-bond donors (Lipinski definition) is 1. The fourth-order valence-corrected chi connectivity index (χ4v) is 3.93. The van der Waals surface area contributed by atoms with Crippen LogP contribution in [0.2, 0.25) is 0 Å². The first kappa shape index (κ1) is 26.7. The van der Waals surface area contributed by atoms with E-state index in [1.165, 1.54) is 18.4 Å². The molecule has 1 saturated carbocycles. The third-order valence-electron chi connectivity index (χ3n) is 5.67. The zero-order valence-corrected chi connectivity index (χ0v) is 22.7. The lowest BCUT2D eigenvalue weighted by Gasteiger charge is -2.40. The number of hydrogen-bond acceptors (Lipinski definition) is 4. The number of carbonyl (C=O) groups excluding carboxylic acids is 1. The van der Waals surface area contributed by atoms with E-state index in [9.17, 15) is 4.79 Å². The lowest BCUT2D eigenvalue weighted by atomic mass is 10.0. The van der Waals surface area contributed by atoms with Crippen molar-refractivity contribution in [3.63, 3.8) is 0 Å². The Balaban J connectivity index is 0.00000363. The molecule has 1 N–H and O–H groups in total. The molecular weight excluding hydrogens is 519 g/mol. The minimum atomic E-state index is -0.461.